The third-order valence-electron chi connectivity index (χ3n) is 5.35. The first-order chi connectivity index (χ1) is 15.7. The lowest BCUT2D eigenvalue weighted by Gasteiger charge is -2.26. The summed E-state index contributed by atoms with van der Waals surface area (Å²) in [6.45, 7) is 3.39. The molecule has 174 valence electrons. The molecule has 0 bridgehead atoms. The molecule has 33 heavy (non-hydrogen) atoms. The van der Waals surface area contributed by atoms with Crippen LogP contribution < -0.4 is 4.74 Å². The lowest BCUT2D eigenvalue weighted by Crippen LogP contribution is -2.35. The number of nitro benzene ring substituents is 1. The maximum absolute atomic E-state index is 13.0. The number of non-ortho nitro benzene ring substituents is 1. The van der Waals surface area contributed by atoms with Crippen molar-refractivity contribution in [2.75, 3.05) is 33.8 Å². The fourth-order valence-electron chi connectivity index (χ4n) is 3.63. The maximum Gasteiger partial charge on any atom is 0.295 e. The van der Waals surface area contributed by atoms with E-state index in [1.807, 2.05) is 25.9 Å². The average molecular weight is 453 g/mol. The van der Waals surface area contributed by atoms with Crippen LogP contribution in [0.15, 0.2) is 54.1 Å². The van der Waals surface area contributed by atoms with Gasteiger partial charge in [0.25, 0.3) is 17.4 Å². The van der Waals surface area contributed by atoms with Gasteiger partial charge in [-0.1, -0.05) is 19.1 Å². The van der Waals surface area contributed by atoms with Crippen molar-refractivity contribution in [3.63, 3.8) is 0 Å². The third-order valence-corrected chi connectivity index (χ3v) is 5.35. The Morgan fingerprint density at radius 2 is 1.76 bits per heavy atom. The summed E-state index contributed by atoms with van der Waals surface area (Å²) in [5.74, 6) is -1.19. The van der Waals surface area contributed by atoms with Crippen molar-refractivity contribution < 1.29 is 24.4 Å². The molecule has 2 aromatic rings. The van der Waals surface area contributed by atoms with E-state index in [1.165, 1.54) is 29.2 Å². The molecule has 1 amide bonds. The highest BCUT2D eigenvalue weighted by Crippen LogP contribution is 2.39. The van der Waals surface area contributed by atoms with Gasteiger partial charge in [-0.2, -0.15) is 0 Å². The van der Waals surface area contributed by atoms with E-state index >= 15 is 0 Å². The van der Waals surface area contributed by atoms with Gasteiger partial charge in [0.1, 0.15) is 11.5 Å². The van der Waals surface area contributed by atoms with Crippen molar-refractivity contribution in [2.45, 2.75) is 19.4 Å². The number of rotatable bonds is 9. The van der Waals surface area contributed by atoms with E-state index in [-0.39, 0.29) is 29.1 Å². The minimum Gasteiger partial charge on any atom is -0.507 e. The Bertz CT molecular complexity index is 1060. The SMILES string of the molecule is CCCOc1ccc(C2/C(=C(/O)c3ccc([N+](=O)[O-])cc3)C(=O)C(=O)N2CCN(C)C)cc1. The zero-order valence-electron chi connectivity index (χ0n) is 18.9. The first kappa shape index (κ1) is 23.9. The first-order valence-electron chi connectivity index (χ1n) is 10.6. The lowest BCUT2D eigenvalue weighted by atomic mass is 9.95. The number of aliphatic hydroxyl groups excluding tert-OH is 1. The van der Waals surface area contributed by atoms with Gasteiger partial charge < -0.3 is 19.6 Å². The molecule has 3 rings (SSSR count). The van der Waals surface area contributed by atoms with Crippen molar-refractivity contribution in [1.29, 1.82) is 0 Å². The molecule has 1 aliphatic rings. The number of amides is 1. The number of aliphatic hydroxyl groups is 1. The number of Topliss-reactive ketones (excluding diaryl/α,β-unsaturated/α-hetero) is 1. The largest absolute Gasteiger partial charge is 0.507 e. The van der Waals surface area contributed by atoms with Crippen molar-refractivity contribution in [3.8, 4) is 5.75 Å². The highest BCUT2D eigenvalue weighted by molar-refractivity contribution is 6.46. The molecule has 1 unspecified atom stereocenters. The summed E-state index contributed by atoms with van der Waals surface area (Å²) < 4.78 is 5.62. The van der Waals surface area contributed by atoms with Crippen LogP contribution in [0.25, 0.3) is 5.76 Å². The van der Waals surface area contributed by atoms with Crippen LogP contribution in [0.4, 0.5) is 5.69 Å². The monoisotopic (exact) mass is 453 g/mol. The second kappa shape index (κ2) is 10.3. The summed E-state index contributed by atoms with van der Waals surface area (Å²) >= 11 is 0. The molecule has 1 atom stereocenters. The Kier molecular flexibility index (Phi) is 7.44. The van der Waals surface area contributed by atoms with Crippen molar-refractivity contribution >= 4 is 23.1 Å². The summed E-state index contributed by atoms with van der Waals surface area (Å²) in [5.41, 5.74) is 0.686. The lowest BCUT2D eigenvalue weighted by molar-refractivity contribution is -0.384. The number of ketones is 1. The second-order valence-corrected chi connectivity index (χ2v) is 8.02. The number of carbonyl (C=O) groups is 2. The zero-order chi connectivity index (χ0) is 24.1. The molecular formula is C24H27N3O6. The van der Waals surface area contributed by atoms with E-state index in [9.17, 15) is 24.8 Å². The van der Waals surface area contributed by atoms with Gasteiger partial charge in [-0.3, -0.25) is 19.7 Å². The van der Waals surface area contributed by atoms with Gasteiger partial charge in [-0.25, -0.2) is 0 Å². The molecule has 0 aromatic heterocycles. The number of hydrogen-bond acceptors (Lipinski definition) is 7. The van der Waals surface area contributed by atoms with E-state index in [1.54, 1.807) is 24.3 Å². The van der Waals surface area contributed by atoms with Crippen molar-refractivity contribution in [2.24, 2.45) is 0 Å². The number of ether oxygens (including phenoxy) is 1. The van der Waals surface area contributed by atoms with E-state index in [2.05, 4.69) is 0 Å². The molecule has 1 N–H and O–H groups in total. The summed E-state index contributed by atoms with van der Waals surface area (Å²) in [4.78, 5) is 39.6. The van der Waals surface area contributed by atoms with Gasteiger partial charge in [-0.15, -0.1) is 0 Å². The van der Waals surface area contributed by atoms with Gasteiger partial charge in [0.15, 0.2) is 0 Å². The van der Waals surface area contributed by atoms with Crippen LogP contribution in [0.3, 0.4) is 0 Å². The molecule has 0 spiro atoms. The van der Waals surface area contributed by atoms with Crippen LogP contribution in [0, 0.1) is 10.1 Å². The molecule has 9 heteroatoms. The Hall–Kier alpha value is -3.72. The standard InChI is InChI=1S/C24H27N3O6/c1-4-15-33-19-11-7-16(8-12-19)21-20(23(29)24(30)26(21)14-13-25(2)3)22(28)17-5-9-18(10-6-17)27(31)32/h5-12,21,28H,4,13-15H2,1-3H3/b22-20-. The van der Waals surface area contributed by atoms with Crippen LogP contribution >= 0.6 is 0 Å². The number of carbonyl (C=O) groups excluding carboxylic acids is 2. The third kappa shape index (κ3) is 5.20. The number of likely N-dealkylation sites (tertiary alicyclic amines) is 1. The highest BCUT2D eigenvalue weighted by Gasteiger charge is 2.45. The van der Waals surface area contributed by atoms with Crippen molar-refractivity contribution in [1.82, 2.24) is 9.80 Å². The van der Waals surface area contributed by atoms with Crippen LogP contribution in [-0.4, -0.2) is 65.3 Å². The summed E-state index contributed by atoms with van der Waals surface area (Å²) in [6.07, 6.45) is 0.863. The van der Waals surface area contributed by atoms with Gasteiger partial charge in [0.05, 0.1) is 23.1 Å². The maximum atomic E-state index is 13.0. The van der Waals surface area contributed by atoms with Crippen LogP contribution in [-0.2, 0) is 9.59 Å². The van der Waals surface area contributed by atoms with Crippen molar-refractivity contribution in [3.05, 3.63) is 75.3 Å². The van der Waals surface area contributed by atoms with Crippen LogP contribution in [0.1, 0.15) is 30.5 Å². The van der Waals surface area contributed by atoms with E-state index < -0.39 is 22.7 Å². The first-order valence-corrected chi connectivity index (χ1v) is 10.6. The number of benzene rings is 2. The Labute approximate surface area is 192 Å². The molecule has 0 saturated carbocycles. The highest BCUT2D eigenvalue weighted by atomic mass is 16.6. The summed E-state index contributed by atoms with van der Waals surface area (Å²) in [7, 11) is 3.73. The minimum absolute atomic E-state index is 0.0464. The molecule has 1 heterocycles. The van der Waals surface area contributed by atoms with Gasteiger partial charge >= 0.3 is 0 Å². The molecule has 0 aliphatic carbocycles. The minimum atomic E-state index is -0.791. The van der Waals surface area contributed by atoms with Crippen LogP contribution in [0.2, 0.25) is 0 Å². The fraction of sp³-hybridized carbons (Fsp3) is 0.333. The summed E-state index contributed by atoms with van der Waals surface area (Å²) in [5, 5.41) is 22.0. The zero-order valence-corrected chi connectivity index (χ0v) is 18.9. The average Bonchev–Trinajstić information content (AvgIpc) is 3.06. The quantitative estimate of drug-likeness (QED) is 0.204. The molecule has 1 fully saturated rings. The molecule has 1 aliphatic heterocycles. The number of likely N-dealkylation sites (N-methyl/N-ethyl adjacent to an activating group) is 1. The topological polar surface area (TPSA) is 113 Å². The van der Waals surface area contributed by atoms with Crippen LogP contribution in [0.5, 0.6) is 5.75 Å². The number of nitro groups is 1. The van der Waals surface area contributed by atoms with Gasteiger partial charge in [0, 0.05) is 30.8 Å². The van der Waals surface area contributed by atoms with Gasteiger partial charge in [-0.05, 0) is 50.3 Å². The Morgan fingerprint density at radius 3 is 2.30 bits per heavy atom. The van der Waals surface area contributed by atoms with E-state index in [4.69, 9.17) is 4.74 Å². The normalized spacial score (nSPS) is 17.6. The predicted octanol–water partition coefficient (Wildman–Crippen LogP) is 3.37. The second-order valence-electron chi connectivity index (χ2n) is 8.02. The molecule has 9 nitrogen and oxygen atoms in total. The molecule has 1 saturated heterocycles. The van der Waals surface area contributed by atoms with Gasteiger partial charge in [0.2, 0.25) is 0 Å². The number of hydrogen-bond donors (Lipinski definition) is 1. The molecule has 2 aromatic carbocycles. The summed E-state index contributed by atoms with van der Waals surface area (Å²) in [6, 6.07) is 11.5. The van der Waals surface area contributed by atoms with E-state index in [0.29, 0.717) is 24.5 Å². The molecule has 0 radical (unpaired) electrons. The van der Waals surface area contributed by atoms with E-state index in [0.717, 1.165) is 6.42 Å². The number of nitrogens with zero attached hydrogens (tertiary/aromatic N) is 3. The fourth-order valence-corrected chi connectivity index (χ4v) is 3.63. The molecular weight excluding hydrogens is 426 g/mol. The predicted molar refractivity (Wildman–Crippen MR) is 123 cm³/mol. The Balaban J connectivity index is 2.06. The Morgan fingerprint density at radius 1 is 1.12 bits per heavy atom. The smallest absolute Gasteiger partial charge is 0.295 e.